The Bertz CT molecular complexity index is 352. The van der Waals surface area contributed by atoms with Crippen LogP contribution >= 0.6 is 0 Å². The molecular formula is C16H27NO. The van der Waals surface area contributed by atoms with Crippen molar-refractivity contribution in [1.82, 2.24) is 0 Å². The van der Waals surface area contributed by atoms with Gasteiger partial charge >= 0.3 is 0 Å². The third-order valence-electron chi connectivity index (χ3n) is 3.12. The maximum Gasteiger partial charge on any atom is 0.230 e. The van der Waals surface area contributed by atoms with Crippen molar-refractivity contribution in [2.75, 3.05) is 5.32 Å². The van der Waals surface area contributed by atoms with Gasteiger partial charge in [-0.05, 0) is 30.5 Å². The van der Waals surface area contributed by atoms with Crippen molar-refractivity contribution in [3.05, 3.63) is 29.8 Å². The average molecular weight is 249 g/mol. The molecule has 1 rings (SSSR count). The van der Waals surface area contributed by atoms with Crippen LogP contribution in [0, 0.1) is 5.41 Å². The Hall–Kier alpha value is -1.31. The van der Waals surface area contributed by atoms with E-state index in [1.54, 1.807) is 0 Å². The van der Waals surface area contributed by atoms with Gasteiger partial charge in [-0.2, -0.15) is 0 Å². The molecule has 0 aliphatic rings. The molecule has 0 saturated carbocycles. The molecule has 1 aromatic carbocycles. The second-order valence-corrected chi connectivity index (χ2v) is 4.74. The summed E-state index contributed by atoms with van der Waals surface area (Å²) in [5.74, 6) is 0.0826. The van der Waals surface area contributed by atoms with Crippen molar-refractivity contribution in [3.8, 4) is 0 Å². The molecule has 0 aliphatic carbocycles. The molecule has 2 heteroatoms. The Morgan fingerprint density at radius 2 is 1.61 bits per heavy atom. The number of carbonyl (C=O) groups is 1. The topological polar surface area (TPSA) is 29.1 Å². The molecule has 0 bridgehead atoms. The van der Waals surface area contributed by atoms with E-state index in [0.717, 1.165) is 18.5 Å². The smallest absolute Gasteiger partial charge is 0.230 e. The number of rotatable bonds is 4. The van der Waals surface area contributed by atoms with Gasteiger partial charge < -0.3 is 5.32 Å². The lowest BCUT2D eigenvalue weighted by atomic mass is 9.89. The number of anilines is 1. The van der Waals surface area contributed by atoms with Crippen molar-refractivity contribution < 1.29 is 4.79 Å². The van der Waals surface area contributed by atoms with Crippen LogP contribution in [0.3, 0.4) is 0 Å². The third-order valence-corrected chi connectivity index (χ3v) is 3.12. The van der Waals surface area contributed by atoms with E-state index in [4.69, 9.17) is 0 Å². The molecule has 0 aromatic heterocycles. The minimum Gasteiger partial charge on any atom is -0.326 e. The molecule has 1 amide bonds. The zero-order valence-electron chi connectivity index (χ0n) is 12.6. The summed E-state index contributed by atoms with van der Waals surface area (Å²) >= 11 is 0. The lowest BCUT2D eigenvalue weighted by Crippen LogP contribution is -2.29. The first kappa shape index (κ1) is 16.7. The second kappa shape index (κ2) is 7.91. The van der Waals surface area contributed by atoms with E-state index in [-0.39, 0.29) is 11.3 Å². The average Bonchev–Trinajstić information content (AvgIpc) is 2.41. The number of hydrogen-bond donors (Lipinski definition) is 1. The fraction of sp³-hybridized carbons (Fsp3) is 0.562. The van der Waals surface area contributed by atoms with Crippen LogP contribution in [-0.2, 0) is 11.2 Å². The second-order valence-electron chi connectivity index (χ2n) is 4.74. The summed E-state index contributed by atoms with van der Waals surface area (Å²) in [5.41, 5.74) is 1.86. The Labute approximate surface area is 112 Å². The van der Waals surface area contributed by atoms with Crippen LogP contribution in [0.5, 0.6) is 0 Å². The van der Waals surface area contributed by atoms with Gasteiger partial charge in [-0.25, -0.2) is 0 Å². The zero-order valence-corrected chi connectivity index (χ0v) is 12.6. The lowest BCUT2D eigenvalue weighted by Gasteiger charge is -2.21. The monoisotopic (exact) mass is 249 g/mol. The molecule has 0 aliphatic heterocycles. The number of aryl methyl sites for hydroxylation is 1. The highest BCUT2D eigenvalue weighted by atomic mass is 16.2. The third kappa shape index (κ3) is 4.91. The molecule has 0 spiro atoms. The molecule has 0 radical (unpaired) electrons. The van der Waals surface area contributed by atoms with Crippen molar-refractivity contribution in [3.63, 3.8) is 0 Å². The predicted octanol–water partition coefficient (Wildman–Crippen LogP) is 4.65. The summed E-state index contributed by atoms with van der Waals surface area (Å²) in [6.45, 7) is 12.1. The van der Waals surface area contributed by atoms with Crippen molar-refractivity contribution in [1.29, 1.82) is 0 Å². The van der Waals surface area contributed by atoms with Crippen LogP contribution in [0.4, 0.5) is 5.69 Å². The number of hydrogen-bond acceptors (Lipinski definition) is 1. The summed E-state index contributed by atoms with van der Waals surface area (Å²) < 4.78 is 0. The lowest BCUT2D eigenvalue weighted by molar-refractivity contribution is -0.124. The Balaban J connectivity index is 0.00000137. The van der Waals surface area contributed by atoms with Crippen LogP contribution < -0.4 is 5.32 Å². The maximum atomic E-state index is 11.9. The van der Waals surface area contributed by atoms with E-state index < -0.39 is 0 Å². The summed E-state index contributed by atoms with van der Waals surface area (Å²) in [6, 6.07) is 8.02. The van der Waals surface area contributed by atoms with Gasteiger partial charge in [0.2, 0.25) is 5.91 Å². The molecule has 0 saturated heterocycles. The largest absolute Gasteiger partial charge is 0.326 e. The first-order valence-corrected chi connectivity index (χ1v) is 6.90. The molecule has 0 unspecified atom stereocenters. The van der Waals surface area contributed by atoms with E-state index in [9.17, 15) is 4.79 Å². The summed E-state index contributed by atoms with van der Waals surface area (Å²) in [7, 11) is 0. The van der Waals surface area contributed by atoms with Crippen molar-refractivity contribution >= 4 is 11.6 Å². The molecule has 0 atom stereocenters. The number of carbonyl (C=O) groups excluding carboxylic acids is 1. The van der Waals surface area contributed by atoms with Gasteiger partial charge in [0.1, 0.15) is 0 Å². The molecule has 0 fully saturated rings. The van der Waals surface area contributed by atoms with E-state index in [1.165, 1.54) is 5.56 Å². The molecule has 2 nitrogen and oxygen atoms in total. The van der Waals surface area contributed by atoms with Gasteiger partial charge in [-0.3, -0.25) is 4.79 Å². The molecule has 0 heterocycles. The standard InChI is InChI=1S/C14H21NO.C2H6/c1-5-11-7-9-12(10-8-11)15-13(16)14(3,4)6-2;1-2/h7-10H,5-6H2,1-4H3,(H,15,16);1-2H3. The molecule has 1 N–H and O–H groups in total. The quantitative estimate of drug-likeness (QED) is 0.826. The number of nitrogens with one attached hydrogen (secondary N) is 1. The van der Waals surface area contributed by atoms with Crippen molar-refractivity contribution in [2.45, 2.75) is 54.4 Å². The number of benzene rings is 1. The Morgan fingerprint density at radius 3 is 2.00 bits per heavy atom. The minimum atomic E-state index is -0.302. The molecule has 18 heavy (non-hydrogen) atoms. The number of amides is 1. The first-order valence-electron chi connectivity index (χ1n) is 6.90. The van der Waals surface area contributed by atoms with Gasteiger partial charge in [0.05, 0.1) is 0 Å². The minimum absolute atomic E-state index is 0.0826. The summed E-state index contributed by atoms with van der Waals surface area (Å²) in [4.78, 5) is 11.9. The van der Waals surface area contributed by atoms with Gasteiger partial charge in [0.15, 0.2) is 0 Å². The highest BCUT2D eigenvalue weighted by Crippen LogP contribution is 2.22. The van der Waals surface area contributed by atoms with Crippen LogP contribution in [0.15, 0.2) is 24.3 Å². The zero-order chi connectivity index (χ0) is 14.2. The van der Waals surface area contributed by atoms with E-state index in [2.05, 4.69) is 24.4 Å². The van der Waals surface area contributed by atoms with Crippen LogP contribution in [0.1, 0.15) is 53.5 Å². The fourth-order valence-corrected chi connectivity index (χ4v) is 1.28. The van der Waals surface area contributed by atoms with Crippen LogP contribution in [-0.4, -0.2) is 5.91 Å². The van der Waals surface area contributed by atoms with Crippen molar-refractivity contribution in [2.24, 2.45) is 5.41 Å². The van der Waals surface area contributed by atoms with E-state index >= 15 is 0 Å². The van der Waals surface area contributed by atoms with Crippen LogP contribution in [0.2, 0.25) is 0 Å². The highest BCUT2D eigenvalue weighted by molar-refractivity contribution is 5.94. The SMILES string of the molecule is CC.CCc1ccc(NC(=O)C(C)(C)CC)cc1. The van der Waals surface area contributed by atoms with Gasteiger partial charge in [-0.1, -0.05) is 53.7 Å². The van der Waals surface area contributed by atoms with Crippen LogP contribution in [0.25, 0.3) is 0 Å². The normalized spacial score (nSPS) is 10.3. The van der Waals surface area contributed by atoms with Gasteiger partial charge in [0.25, 0.3) is 0 Å². The molecular weight excluding hydrogens is 222 g/mol. The van der Waals surface area contributed by atoms with Gasteiger partial charge in [-0.15, -0.1) is 0 Å². The van der Waals surface area contributed by atoms with E-state index in [1.807, 2.05) is 46.8 Å². The predicted molar refractivity (Wildman–Crippen MR) is 79.9 cm³/mol. The van der Waals surface area contributed by atoms with E-state index in [0.29, 0.717) is 0 Å². The Kier molecular flexibility index (Phi) is 7.33. The summed E-state index contributed by atoms with van der Waals surface area (Å²) in [5, 5.41) is 2.95. The Morgan fingerprint density at radius 1 is 1.11 bits per heavy atom. The fourth-order valence-electron chi connectivity index (χ4n) is 1.28. The molecule has 1 aromatic rings. The summed E-state index contributed by atoms with van der Waals surface area (Å²) in [6.07, 6.45) is 1.86. The first-order chi connectivity index (χ1) is 8.49. The molecule has 102 valence electrons. The highest BCUT2D eigenvalue weighted by Gasteiger charge is 2.24. The maximum absolute atomic E-state index is 11.9. The van der Waals surface area contributed by atoms with Gasteiger partial charge in [0, 0.05) is 11.1 Å².